The van der Waals surface area contributed by atoms with Crippen LogP contribution in [0.1, 0.15) is 17.3 Å². The molecular formula is C21H25ClN4O2S. The number of likely N-dealkylation sites (N-methyl/N-ethyl adjacent to an activating group) is 1. The summed E-state index contributed by atoms with van der Waals surface area (Å²) in [6.07, 6.45) is 0. The molecule has 1 saturated heterocycles. The maximum atomic E-state index is 12.4. The van der Waals surface area contributed by atoms with Crippen molar-refractivity contribution in [1.82, 2.24) is 10.2 Å². The van der Waals surface area contributed by atoms with Crippen LogP contribution in [0.3, 0.4) is 0 Å². The van der Waals surface area contributed by atoms with E-state index in [0.29, 0.717) is 16.3 Å². The lowest BCUT2D eigenvalue weighted by molar-refractivity contribution is 0.0977. The van der Waals surface area contributed by atoms with E-state index in [1.165, 1.54) is 12.8 Å². The average Bonchev–Trinajstić information content (AvgIpc) is 2.74. The number of amides is 1. The van der Waals surface area contributed by atoms with Crippen LogP contribution in [0.4, 0.5) is 11.4 Å². The number of benzene rings is 2. The number of thiocarbonyl (C=S) groups is 1. The van der Waals surface area contributed by atoms with Crippen LogP contribution in [0.25, 0.3) is 0 Å². The number of nitrogens with zero attached hydrogens (tertiary/aromatic N) is 2. The number of carbonyl (C=O) groups excluding carboxylic acids is 1. The van der Waals surface area contributed by atoms with Gasteiger partial charge >= 0.3 is 0 Å². The summed E-state index contributed by atoms with van der Waals surface area (Å²) in [5, 5.41) is 6.30. The fourth-order valence-electron chi connectivity index (χ4n) is 3.22. The van der Waals surface area contributed by atoms with E-state index in [1.807, 2.05) is 12.1 Å². The summed E-state index contributed by atoms with van der Waals surface area (Å²) in [5.41, 5.74) is 2.41. The number of methoxy groups -OCH3 is 1. The van der Waals surface area contributed by atoms with Gasteiger partial charge in [-0.1, -0.05) is 18.5 Å². The number of hydrogen-bond acceptors (Lipinski definition) is 5. The molecule has 0 saturated carbocycles. The maximum absolute atomic E-state index is 12.4. The fraction of sp³-hybridized carbons (Fsp3) is 0.333. The van der Waals surface area contributed by atoms with Gasteiger partial charge in [0.25, 0.3) is 5.91 Å². The summed E-state index contributed by atoms with van der Waals surface area (Å²) in [4.78, 5) is 17.2. The van der Waals surface area contributed by atoms with Crippen molar-refractivity contribution in [3.8, 4) is 5.75 Å². The van der Waals surface area contributed by atoms with E-state index in [1.54, 1.807) is 18.2 Å². The molecule has 154 valence electrons. The molecule has 1 fully saturated rings. The Hall–Kier alpha value is -2.35. The topological polar surface area (TPSA) is 56.8 Å². The van der Waals surface area contributed by atoms with Gasteiger partial charge in [0.15, 0.2) is 5.11 Å². The average molecular weight is 433 g/mol. The van der Waals surface area contributed by atoms with Crippen molar-refractivity contribution < 1.29 is 9.53 Å². The zero-order valence-electron chi connectivity index (χ0n) is 16.6. The monoisotopic (exact) mass is 432 g/mol. The van der Waals surface area contributed by atoms with Crippen molar-refractivity contribution in [2.45, 2.75) is 6.92 Å². The van der Waals surface area contributed by atoms with Crippen molar-refractivity contribution in [1.29, 1.82) is 0 Å². The van der Waals surface area contributed by atoms with E-state index < -0.39 is 0 Å². The van der Waals surface area contributed by atoms with Crippen LogP contribution in [0, 0.1) is 0 Å². The maximum Gasteiger partial charge on any atom is 0.257 e. The number of piperazine rings is 1. The molecule has 2 N–H and O–H groups in total. The highest BCUT2D eigenvalue weighted by atomic mass is 35.5. The molecular weight excluding hydrogens is 408 g/mol. The molecule has 1 aliphatic rings. The summed E-state index contributed by atoms with van der Waals surface area (Å²) < 4.78 is 5.10. The van der Waals surface area contributed by atoms with Crippen molar-refractivity contribution in [3.63, 3.8) is 0 Å². The molecule has 0 radical (unpaired) electrons. The van der Waals surface area contributed by atoms with Crippen molar-refractivity contribution >= 4 is 46.2 Å². The van der Waals surface area contributed by atoms with Gasteiger partial charge < -0.3 is 19.9 Å². The highest BCUT2D eigenvalue weighted by molar-refractivity contribution is 7.80. The third-order valence-electron chi connectivity index (χ3n) is 4.95. The predicted octanol–water partition coefficient (Wildman–Crippen LogP) is 3.62. The van der Waals surface area contributed by atoms with Gasteiger partial charge in [0.1, 0.15) is 5.75 Å². The lowest BCUT2D eigenvalue weighted by Gasteiger charge is -2.35. The third kappa shape index (κ3) is 5.59. The second kappa shape index (κ2) is 9.91. The van der Waals surface area contributed by atoms with Gasteiger partial charge in [-0.3, -0.25) is 10.1 Å². The zero-order valence-corrected chi connectivity index (χ0v) is 18.1. The zero-order chi connectivity index (χ0) is 20.8. The number of anilines is 2. The first-order valence-electron chi connectivity index (χ1n) is 9.53. The Balaban J connectivity index is 1.54. The lowest BCUT2D eigenvalue weighted by atomic mass is 10.2. The van der Waals surface area contributed by atoms with E-state index >= 15 is 0 Å². The standard InChI is InChI=1S/C21H25ClN4O2S/c1-3-25-10-12-26(13-11-25)17-7-5-16(6-8-17)23-21(29)24-20(27)15-4-9-19(28-2)18(22)14-15/h4-9,14H,3,10-13H2,1-2H3,(H2,23,24,27,29). The normalized spacial score (nSPS) is 14.4. The third-order valence-corrected chi connectivity index (χ3v) is 5.45. The summed E-state index contributed by atoms with van der Waals surface area (Å²) >= 11 is 11.3. The molecule has 2 aromatic carbocycles. The molecule has 0 aromatic heterocycles. The number of ether oxygens (including phenoxy) is 1. The van der Waals surface area contributed by atoms with Gasteiger partial charge in [-0.2, -0.15) is 0 Å². The minimum Gasteiger partial charge on any atom is -0.495 e. The quantitative estimate of drug-likeness (QED) is 0.704. The Morgan fingerprint density at radius 1 is 1.14 bits per heavy atom. The summed E-state index contributed by atoms with van der Waals surface area (Å²) in [6.45, 7) is 7.52. The molecule has 8 heteroatoms. The number of carbonyl (C=O) groups is 1. The molecule has 1 heterocycles. The van der Waals surface area contributed by atoms with E-state index in [-0.39, 0.29) is 11.0 Å². The minimum absolute atomic E-state index is 0.228. The smallest absolute Gasteiger partial charge is 0.257 e. The largest absolute Gasteiger partial charge is 0.495 e. The molecule has 29 heavy (non-hydrogen) atoms. The molecule has 1 amide bonds. The molecule has 3 rings (SSSR count). The van der Waals surface area contributed by atoms with Crippen LogP contribution >= 0.6 is 23.8 Å². The molecule has 1 aliphatic heterocycles. The molecule has 0 aliphatic carbocycles. The SMILES string of the molecule is CCN1CCN(c2ccc(NC(=S)NC(=O)c3ccc(OC)c(Cl)c3)cc2)CC1. The Kier molecular flexibility index (Phi) is 7.30. The second-order valence-electron chi connectivity index (χ2n) is 6.73. The summed E-state index contributed by atoms with van der Waals surface area (Å²) in [5.74, 6) is 0.178. The Morgan fingerprint density at radius 2 is 1.83 bits per heavy atom. The van der Waals surface area contributed by atoms with Crippen LogP contribution < -0.4 is 20.3 Å². The fourth-order valence-corrected chi connectivity index (χ4v) is 3.69. The van der Waals surface area contributed by atoms with Crippen LogP contribution in [0.5, 0.6) is 5.75 Å². The molecule has 6 nitrogen and oxygen atoms in total. The number of nitrogens with one attached hydrogen (secondary N) is 2. The highest BCUT2D eigenvalue weighted by Gasteiger charge is 2.16. The number of halogens is 1. The summed E-state index contributed by atoms with van der Waals surface area (Å²) in [7, 11) is 1.52. The number of rotatable bonds is 5. The van der Waals surface area contributed by atoms with E-state index in [0.717, 1.165) is 38.4 Å². The molecule has 2 aromatic rings. The lowest BCUT2D eigenvalue weighted by Crippen LogP contribution is -2.46. The minimum atomic E-state index is -0.336. The summed E-state index contributed by atoms with van der Waals surface area (Å²) in [6, 6.07) is 12.9. The van der Waals surface area contributed by atoms with Gasteiger partial charge in [-0.25, -0.2) is 0 Å². The first kappa shape index (κ1) is 21.4. The van der Waals surface area contributed by atoms with E-state index in [2.05, 4.69) is 39.5 Å². The molecule has 0 bridgehead atoms. The Bertz CT molecular complexity index is 867. The van der Waals surface area contributed by atoms with Gasteiger partial charge in [-0.05, 0) is 61.2 Å². The van der Waals surface area contributed by atoms with Crippen LogP contribution in [-0.2, 0) is 0 Å². The molecule has 0 unspecified atom stereocenters. The highest BCUT2D eigenvalue weighted by Crippen LogP contribution is 2.25. The first-order valence-corrected chi connectivity index (χ1v) is 10.3. The second-order valence-corrected chi connectivity index (χ2v) is 7.54. The molecule has 0 atom stereocenters. The molecule has 0 spiro atoms. The van der Waals surface area contributed by atoms with Gasteiger partial charge in [0.2, 0.25) is 0 Å². The number of hydrogen-bond donors (Lipinski definition) is 2. The van der Waals surface area contributed by atoms with Crippen LogP contribution in [-0.4, -0.2) is 55.8 Å². The van der Waals surface area contributed by atoms with Crippen molar-refractivity contribution in [2.75, 3.05) is 50.1 Å². The van der Waals surface area contributed by atoms with Gasteiger partial charge in [-0.15, -0.1) is 0 Å². The Morgan fingerprint density at radius 3 is 2.41 bits per heavy atom. The Labute approximate surface area is 181 Å². The van der Waals surface area contributed by atoms with Crippen molar-refractivity contribution in [3.05, 3.63) is 53.1 Å². The van der Waals surface area contributed by atoms with Gasteiger partial charge in [0.05, 0.1) is 12.1 Å². The first-order chi connectivity index (χ1) is 14.0. The van der Waals surface area contributed by atoms with Crippen LogP contribution in [0.15, 0.2) is 42.5 Å². The van der Waals surface area contributed by atoms with E-state index in [4.69, 9.17) is 28.6 Å². The van der Waals surface area contributed by atoms with Crippen LogP contribution in [0.2, 0.25) is 5.02 Å². The van der Waals surface area contributed by atoms with Gasteiger partial charge in [0, 0.05) is 43.1 Å². The predicted molar refractivity (Wildman–Crippen MR) is 122 cm³/mol. The van der Waals surface area contributed by atoms with Crippen molar-refractivity contribution in [2.24, 2.45) is 0 Å². The van der Waals surface area contributed by atoms with E-state index in [9.17, 15) is 4.79 Å².